The van der Waals surface area contributed by atoms with Gasteiger partial charge in [-0.1, -0.05) is 29.5 Å². The fourth-order valence-electron chi connectivity index (χ4n) is 1.75. The molecule has 1 heterocycles. The van der Waals surface area contributed by atoms with Crippen LogP contribution in [-0.2, 0) is 0 Å². The lowest BCUT2D eigenvalue weighted by atomic mass is 10.3. The van der Waals surface area contributed by atoms with Crippen LogP contribution < -0.4 is 4.57 Å². The van der Waals surface area contributed by atoms with Gasteiger partial charge in [0.05, 0.1) is 0 Å². The Kier molecular flexibility index (Phi) is 2.11. The number of fused-ring (bicyclic) bond motifs is 1. The number of nitrogens with zero attached hydrogens (tertiary/aromatic N) is 1. The van der Waals surface area contributed by atoms with E-state index in [9.17, 15) is 5.11 Å². The zero-order valence-electron chi connectivity index (χ0n) is 8.50. The van der Waals surface area contributed by atoms with Gasteiger partial charge in [-0.15, -0.1) is 4.57 Å². The largest absolute Gasteiger partial charge is 0.508 e. The standard InChI is InChI=1S/C13H9NOS/c15-11-6-7-12-13(8-11)16-9-14(12)10-4-2-1-3-5-10/h1-9H/p+1. The molecule has 78 valence electrons. The lowest BCUT2D eigenvalue weighted by Crippen LogP contribution is -2.27. The van der Waals surface area contributed by atoms with Crippen LogP contribution in [0.1, 0.15) is 0 Å². The zero-order valence-corrected chi connectivity index (χ0v) is 9.32. The maximum absolute atomic E-state index is 9.41. The number of hydrogen-bond acceptors (Lipinski definition) is 2. The van der Waals surface area contributed by atoms with Crippen LogP contribution in [-0.4, -0.2) is 5.11 Å². The summed E-state index contributed by atoms with van der Waals surface area (Å²) < 4.78 is 3.21. The van der Waals surface area contributed by atoms with E-state index in [2.05, 4.69) is 22.2 Å². The lowest BCUT2D eigenvalue weighted by Gasteiger charge is -1.93. The monoisotopic (exact) mass is 228 g/mol. The second-order valence-electron chi connectivity index (χ2n) is 3.58. The summed E-state index contributed by atoms with van der Waals surface area (Å²) in [4.78, 5) is 0. The van der Waals surface area contributed by atoms with Crippen LogP contribution in [0.2, 0.25) is 0 Å². The maximum Gasteiger partial charge on any atom is 0.231 e. The first-order chi connectivity index (χ1) is 7.84. The van der Waals surface area contributed by atoms with Crippen molar-refractivity contribution in [1.29, 1.82) is 0 Å². The summed E-state index contributed by atoms with van der Waals surface area (Å²) in [5.41, 5.74) is 4.31. The Morgan fingerprint density at radius 2 is 1.81 bits per heavy atom. The topological polar surface area (TPSA) is 24.1 Å². The Labute approximate surface area is 97.0 Å². The molecule has 0 spiro atoms. The molecule has 0 saturated heterocycles. The third-order valence-electron chi connectivity index (χ3n) is 2.52. The van der Waals surface area contributed by atoms with Gasteiger partial charge in [0.1, 0.15) is 10.4 Å². The van der Waals surface area contributed by atoms with E-state index in [0.29, 0.717) is 5.75 Å². The molecule has 0 atom stereocenters. The van der Waals surface area contributed by atoms with Crippen LogP contribution in [0.4, 0.5) is 0 Å². The minimum Gasteiger partial charge on any atom is -0.508 e. The summed E-state index contributed by atoms with van der Waals surface area (Å²) in [5, 5.41) is 9.41. The second-order valence-corrected chi connectivity index (χ2v) is 4.47. The van der Waals surface area contributed by atoms with Gasteiger partial charge in [0.2, 0.25) is 16.7 Å². The van der Waals surface area contributed by atoms with Crippen LogP contribution in [0.3, 0.4) is 0 Å². The van der Waals surface area contributed by atoms with Gasteiger partial charge in [-0.05, 0) is 6.07 Å². The summed E-state index contributed by atoms with van der Waals surface area (Å²) in [6, 6.07) is 15.6. The third-order valence-corrected chi connectivity index (χ3v) is 3.42. The van der Waals surface area contributed by atoms with E-state index in [1.807, 2.05) is 24.3 Å². The number of benzene rings is 2. The molecule has 0 aliphatic carbocycles. The highest BCUT2D eigenvalue weighted by atomic mass is 32.1. The molecule has 3 aromatic rings. The molecule has 0 fully saturated rings. The predicted octanol–water partition coefficient (Wildman–Crippen LogP) is 2.88. The molecule has 1 N–H and O–H groups in total. The number of phenolic OH excluding ortho intramolecular Hbond substituents is 1. The van der Waals surface area contributed by atoms with Crippen LogP contribution in [0, 0.1) is 0 Å². The highest BCUT2D eigenvalue weighted by Gasteiger charge is 2.13. The van der Waals surface area contributed by atoms with Crippen molar-refractivity contribution in [3.63, 3.8) is 0 Å². The van der Waals surface area contributed by atoms with Crippen molar-refractivity contribution in [2.45, 2.75) is 0 Å². The van der Waals surface area contributed by atoms with E-state index in [-0.39, 0.29) is 0 Å². The smallest absolute Gasteiger partial charge is 0.231 e. The summed E-state index contributed by atoms with van der Waals surface area (Å²) in [7, 11) is 0. The van der Waals surface area contributed by atoms with Crippen LogP contribution >= 0.6 is 11.3 Å². The van der Waals surface area contributed by atoms with E-state index >= 15 is 0 Å². The van der Waals surface area contributed by atoms with Gasteiger partial charge in [0, 0.05) is 24.3 Å². The average Bonchev–Trinajstić information content (AvgIpc) is 2.73. The van der Waals surface area contributed by atoms with Gasteiger partial charge < -0.3 is 5.11 Å². The number of aromatic hydroxyl groups is 1. The van der Waals surface area contributed by atoms with Crippen molar-refractivity contribution in [2.24, 2.45) is 0 Å². The highest BCUT2D eigenvalue weighted by Crippen LogP contribution is 2.22. The number of phenols is 1. The number of hydrogen-bond donors (Lipinski definition) is 1. The first-order valence-electron chi connectivity index (χ1n) is 5.02. The first-order valence-corrected chi connectivity index (χ1v) is 5.90. The Morgan fingerprint density at radius 3 is 2.62 bits per heavy atom. The fourth-order valence-corrected chi connectivity index (χ4v) is 2.68. The molecule has 0 aliphatic rings. The predicted molar refractivity (Wildman–Crippen MR) is 65.0 cm³/mol. The van der Waals surface area contributed by atoms with Crippen molar-refractivity contribution in [2.75, 3.05) is 0 Å². The summed E-state index contributed by atoms with van der Waals surface area (Å²) in [6.07, 6.45) is 0. The zero-order chi connectivity index (χ0) is 11.0. The average molecular weight is 228 g/mol. The Balaban J connectivity index is 2.26. The lowest BCUT2D eigenvalue weighted by molar-refractivity contribution is -0.562. The van der Waals surface area contributed by atoms with Crippen molar-refractivity contribution in [1.82, 2.24) is 0 Å². The van der Waals surface area contributed by atoms with E-state index in [1.54, 1.807) is 23.5 Å². The van der Waals surface area contributed by atoms with Crippen molar-refractivity contribution in [3.05, 3.63) is 54.0 Å². The molecular weight excluding hydrogens is 218 g/mol. The molecule has 1 aromatic heterocycles. The molecule has 0 amide bonds. The Bertz CT molecular complexity index is 631. The SMILES string of the molecule is Oc1ccc2c(c1)sc[n+]2-c1ccccc1. The van der Waals surface area contributed by atoms with E-state index in [1.165, 1.54) is 0 Å². The minimum atomic E-state index is 0.314. The quantitative estimate of drug-likeness (QED) is 0.636. The molecule has 0 bridgehead atoms. The minimum absolute atomic E-state index is 0.314. The Morgan fingerprint density at radius 1 is 1.00 bits per heavy atom. The van der Waals surface area contributed by atoms with Crippen LogP contribution in [0.25, 0.3) is 15.9 Å². The summed E-state index contributed by atoms with van der Waals surface area (Å²) >= 11 is 1.63. The Hall–Kier alpha value is -1.87. The van der Waals surface area contributed by atoms with Gasteiger partial charge in [-0.2, -0.15) is 0 Å². The molecule has 3 heteroatoms. The molecule has 2 nitrogen and oxygen atoms in total. The van der Waals surface area contributed by atoms with Crippen molar-refractivity contribution in [3.8, 4) is 11.4 Å². The molecule has 2 aromatic carbocycles. The first kappa shape index (κ1) is 9.36. The molecule has 0 radical (unpaired) electrons. The number of rotatable bonds is 1. The maximum atomic E-state index is 9.41. The van der Waals surface area contributed by atoms with Gasteiger partial charge in [-0.25, -0.2) is 0 Å². The number of aromatic nitrogens is 1. The fraction of sp³-hybridized carbons (Fsp3) is 0. The van der Waals surface area contributed by atoms with Gasteiger partial charge in [0.15, 0.2) is 0 Å². The molecule has 0 unspecified atom stereocenters. The van der Waals surface area contributed by atoms with E-state index in [4.69, 9.17) is 0 Å². The van der Waals surface area contributed by atoms with Crippen molar-refractivity contribution < 1.29 is 9.67 Å². The molecule has 3 rings (SSSR count). The summed E-state index contributed by atoms with van der Waals surface area (Å²) in [5.74, 6) is 0.314. The highest BCUT2D eigenvalue weighted by molar-refractivity contribution is 7.16. The number of para-hydroxylation sites is 1. The van der Waals surface area contributed by atoms with Crippen molar-refractivity contribution >= 4 is 21.6 Å². The number of thiazole rings is 1. The molecule has 0 saturated carbocycles. The molecular formula is C13H10NOS+. The normalized spacial score (nSPS) is 10.8. The van der Waals surface area contributed by atoms with Crippen LogP contribution in [0.5, 0.6) is 5.75 Å². The van der Waals surface area contributed by atoms with E-state index in [0.717, 1.165) is 15.9 Å². The molecule has 16 heavy (non-hydrogen) atoms. The summed E-state index contributed by atoms with van der Waals surface area (Å²) in [6.45, 7) is 0. The van der Waals surface area contributed by atoms with Gasteiger partial charge in [0.25, 0.3) is 0 Å². The second kappa shape index (κ2) is 3.61. The van der Waals surface area contributed by atoms with Crippen LogP contribution in [0.15, 0.2) is 54.0 Å². The molecule has 0 aliphatic heterocycles. The van der Waals surface area contributed by atoms with Gasteiger partial charge in [-0.3, -0.25) is 0 Å². The van der Waals surface area contributed by atoms with E-state index < -0.39 is 0 Å². The third kappa shape index (κ3) is 1.46. The van der Waals surface area contributed by atoms with Gasteiger partial charge >= 0.3 is 0 Å².